The Morgan fingerprint density at radius 3 is 2.61 bits per heavy atom. The number of amides is 1. The van der Waals surface area contributed by atoms with Crippen LogP contribution in [0, 0.1) is 5.92 Å². The molecule has 0 saturated carbocycles. The molecule has 1 aliphatic heterocycles. The highest BCUT2D eigenvalue weighted by Crippen LogP contribution is 2.25. The van der Waals surface area contributed by atoms with Gasteiger partial charge in [-0.1, -0.05) is 6.92 Å². The van der Waals surface area contributed by atoms with Crippen molar-refractivity contribution in [3.05, 3.63) is 24.3 Å². The molecule has 1 aliphatic rings. The molecule has 2 atom stereocenters. The number of carbonyl (C=O) groups is 1. The predicted octanol–water partition coefficient (Wildman–Crippen LogP) is 2.05. The number of likely N-dealkylation sites (N-methyl/N-ethyl adjacent to an activating group) is 1. The fraction of sp³-hybridized carbons (Fsp3) is 0.500. The number of carbonyl (C=O) groups excluding carboxylic acids is 1. The molecule has 1 amide bonds. The predicted molar refractivity (Wildman–Crippen MR) is 72.4 cm³/mol. The molecule has 0 bridgehead atoms. The zero-order valence-electron chi connectivity index (χ0n) is 10.9. The van der Waals surface area contributed by atoms with E-state index in [1.54, 1.807) is 4.90 Å². The van der Waals surface area contributed by atoms with Gasteiger partial charge in [0, 0.05) is 24.5 Å². The van der Waals surface area contributed by atoms with E-state index in [9.17, 15) is 4.79 Å². The van der Waals surface area contributed by atoms with Gasteiger partial charge >= 0.3 is 0 Å². The highest BCUT2D eigenvalue weighted by molar-refractivity contribution is 5.97. The first-order valence-electron chi connectivity index (χ1n) is 6.42. The van der Waals surface area contributed by atoms with Crippen LogP contribution in [0.1, 0.15) is 20.3 Å². The van der Waals surface area contributed by atoms with Crippen LogP contribution in [0.15, 0.2) is 24.3 Å². The van der Waals surface area contributed by atoms with Crippen molar-refractivity contribution in [1.82, 2.24) is 0 Å². The van der Waals surface area contributed by atoms with Gasteiger partial charge in [-0.05, 0) is 43.5 Å². The minimum atomic E-state index is -0.303. The molecule has 1 aromatic rings. The summed E-state index contributed by atoms with van der Waals surface area (Å²) < 4.78 is 5.54. The summed E-state index contributed by atoms with van der Waals surface area (Å²) in [4.78, 5) is 14.2. The van der Waals surface area contributed by atoms with Crippen molar-refractivity contribution in [2.45, 2.75) is 26.4 Å². The Morgan fingerprint density at radius 2 is 2.11 bits per heavy atom. The van der Waals surface area contributed by atoms with E-state index in [0.29, 0.717) is 24.8 Å². The maximum Gasteiger partial charge on any atom is 0.256 e. The third-order valence-corrected chi connectivity index (χ3v) is 3.42. The SMILES string of the molecule is CCN(C(=O)C1OCCC1C)c1ccc(N)cc1. The van der Waals surface area contributed by atoms with Crippen molar-refractivity contribution in [1.29, 1.82) is 0 Å². The van der Waals surface area contributed by atoms with Crippen molar-refractivity contribution in [2.24, 2.45) is 5.92 Å². The van der Waals surface area contributed by atoms with Crippen LogP contribution in [-0.2, 0) is 9.53 Å². The smallest absolute Gasteiger partial charge is 0.256 e. The number of ether oxygens (including phenoxy) is 1. The van der Waals surface area contributed by atoms with E-state index in [2.05, 4.69) is 6.92 Å². The summed E-state index contributed by atoms with van der Waals surface area (Å²) in [6.07, 6.45) is 0.651. The molecule has 2 rings (SSSR count). The van der Waals surface area contributed by atoms with Crippen molar-refractivity contribution >= 4 is 17.3 Å². The minimum Gasteiger partial charge on any atom is -0.399 e. The molecule has 4 heteroatoms. The fourth-order valence-corrected chi connectivity index (χ4v) is 2.28. The van der Waals surface area contributed by atoms with E-state index in [1.807, 2.05) is 31.2 Å². The fourth-order valence-electron chi connectivity index (χ4n) is 2.28. The lowest BCUT2D eigenvalue weighted by molar-refractivity contribution is -0.128. The largest absolute Gasteiger partial charge is 0.399 e. The summed E-state index contributed by atoms with van der Waals surface area (Å²) in [5.74, 6) is 0.340. The van der Waals surface area contributed by atoms with Gasteiger partial charge in [0.05, 0.1) is 0 Å². The van der Waals surface area contributed by atoms with E-state index in [0.717, 1.165) is 12.1 Å². The lowest BCUT2D eigenvalue weighted by atomic mass is 10.0. The average Bonchev–Trinajstić information content (AvgIpc) is 2.78. The Labute approximate surface area is 108 Å². The van der Waals surface area contributed by atoms with Crippen LogP contribution in [0.25, 0.3) is 0 Å². The summed E-state index contributed by atoms with van der Waals surface area (Å²) in [7, 11) is 0. The van der Waals surface area contributed by atoms with Crippen molar-refractivity contribution in [3.63, 3.8) is 0 Å². The maximum atomic E-state index is 12.4. The summed E-state index contributed by atoms with van der Waals surface area (Å²) in [5, 5.41) is 0. The third kappa shape index (κ3) is 2.48. The third-order valence-electron chi connectivity index (χ3n) is 3.42. The molecule has 1 fully saturated rings. The second kappa shape index (κ2) is 5.40. The Hall–Kier alpha value is -1.55. The molecule has 1 heterocycles. The van der Waals surface area contributed by atoms with Crippen LogP contribution in [0.4, 0.5) is 11.4 Å². The van der Waals surface area contributed by atoms with Gasteiger partial charge in [-0.2, -0.15) is 0 Å². The first-order valence-corrected chi connectivity index (χ1v) is 6.42. The minimum absolute atomic E-state index is 0.0484. The standard InChI is InChI=1S/C14H20N2O2/c1-3-16(12-6-4-11(15)5-7-12)14(17)13-10(2)8-9-18-13/h4-7,10,13H,3,8-9,15H2,1-2H3. The molecule has 0 aliphatic carbocycles. The van der Waals surface area contributed by atoms with Gasteiger partial charge in [0.2, 0.25) is 0 Å². The highest BCUT2D eigenvalue weighted by atomic mass is 16.5. The maximum absolute atomic E-state index is 12.4. The number of benzene rings is 1. The van der Waals surface area contributed by atoms with Crippen LogP contribution < -0.4 is 10.6 Å². The first-order chi connectivity index (χ1) is 8.63. The number of anilines is 2. The lowest BCUT2D eigenvalue weighted by Gasteiger charge is -2.25. The van der Waals surface area contributed by atoms with Gasteiger partial charge in [-0.15, -0.1) is 0 Å². The number of nitrogen functional groups attached to an aromatic ring is 1. The Balaban J connectivity index is 2.17. The van der Waals surface area contributed by atoms with E-state index in [-0.39, 0.29) is 12.0 Å². The van der Waals surface area contributed by atoms with Crippen molar-refractivity contribution in [3.8, 4) is 0 Å². The van der Waals surface area contributed by atoms with Gasteiger partial charge in [0.25, 0.3) is 5.91 Å². The number of rotatable bonds is 3. The summed E-state index contributed by atoms with van der Waals surface area (Å²) >= 11 is 0. The van der Waals surface area contributed by atoms with Gasteiger partial charge in [-0.25, -0.2) is 0 Å². The monoisotopic (exact) mass is 248 g/mol. The van der Waals surface area contributed by atoms with Gasteiger partial charge in [-0.3, -0.25) is 4.79 Å². The van der Waals surface area contributed by atoms with Crippen LogP contribution in [0.3, 0.4) is 0 Å². The number of nitrogens with two attached hydrogens (primary N) is 1. The van der Waals surface area contributed by atoms with Gasteiger partial charge in [0.1, 0.15) is 6.10 Å². The topological polar surface area (TPSA) is 55.6 Å². The molecule has 1 saturated heterocycles. The summed E-state index contributed by atoms with van der Waals surface area (Å²) in [6, 6.07) is 7.36. The Bertz CT molecular complexity index is 416. The molecule has 0 spiro atoms. The molecular formula is C14H20N2O2. The first kappa shape index (κ1) is 12.9. The van der Waals surface area contributed by atoms with E-state index in [1.165, 1.54) is 0 Å². The summed E-state index contributed by atoms with van der Waals surface area (Å²) in [6.45, 7) is 5.34. The van der Waals surface area contributed by atoms with Crippen LogP contribution in [-0.4, -0.2) is 25.2 Å². The average molecular weight is 248 g/mol. The second-order valence-electron chi connectivity index (χ2n) is 4.73. The van der Waals surface area contributed by atoms with Crippen molar-refractivity contribution < 1.29 is 9.53 Å². The highest BCUT2D eigenvalue weighted by Gasteiger charge is 2.34. The normalized spacial score (nSPS) is 23.0. The molecule has 1 aromatic carbocycles. The molecule has 18 heavy (non-hydrogen) atoms. The van der Waals surface area contributed by atoms with Crippen LogP contribution in [0.5, 0.6) is 0 Å². The summed E-state index contributed by atoms with van der Waals surface area (Å²) in [5.41, 5.74) is 7.24. The Morgan fingerprint density at radius 1 is 1.44 bits per heavy atom. The molecule has 4 nitrogen and oxygen atoms in total. The number of hydrogen-bond donors (Lipinski definition) is 1. The molecule has 98 valence electrons. The number of nitrogens with zero attached hydrogens (tertiary/aromatic N) is 1. The quantitative estimate of drug-likeness (QED) is 0.833. The van der Waals surface area contributed by atoms with E-state index >= 15 is 0 Å². The molecule has 2 N–H and O–H groups in total. The molecular weight excluding hydrogens is 228 g/mol. The molecule has 2 unspecified atom stereocenters. The molecule has 0 radical (unpaired) electrons. The second-order valence-corrected chi connectivity index (χ2v) is 4.73. The number of hydrogen-bond acceptors (Lipinski definition) is 3. The van der Waals surface area contributed by atoms with E-state index in [4.69, 9.17) is 10.5 Å². The van der Waals surface area contributed by atoms with Gasteiger partial charge in [0.15, 0.2) is 0 Å². The van der Waals surface area contributed by atoms with E-state index < -0.39 is 0 Å². The van der Waals surface area contributed by atoms with Crippen LogP contribution in [0.2, 0.25) is 0 Å². The zero-order valence-corrected chi connectivity index (χ0v) is 10.9. The lowest BCUT2D eigenvalue weighted by Crippen LogP contribution is -2.41. The zero-order chi connectivity index (χ0) is 13.1. The Kier molecular flexibility index (Phi) is 3.87. The van der Waals surface area contributed by atoms with Crippen molar-refractivity contribution in [2.75, 3.05) is 23.8 Å². The van der Waals surface area contributed by atoms with Crippen LogP contribution >= 0.6 is 0 Å². The van der Waals surface area contributed by atoms with Gasteiger partial charge < -0.3 is 15.4 Å². The molecule has 0 aromatic heterocycles.